The average Bonchev–Trinajstić information content (AvgIpc) is 3.23. The van der Waals surface area contributed by atoms with Crippen molar-refractivity contribution in [1.82, 2.24) is 15.2 Å². The molecule has 0 spiro atoms. The second-order valence-electron chi connectivity index (χ2n) is 8.23. The van der Waals surface area contributed by atoms with Crippen LogP contribution in [0.1, 0.15) is 29.9 Å². The summed E-state index contributed by atoms with van der Waals surface area (Å²) in [5.74, 6) is 0.993. The predicted octanol–water partition coefficient (Wildman–Crippen LogP) is 3.60. The lowest BCUT2D eigenvalue weighted by Gasteiger charge is -2.26. The van der Waals surface area contributed by atoms with Crippen LogP contribution in [0.15, 0.2) is 48.5 Å². The number of H-pyrrole nitrogens is 1. The van der Waals surface area contributed by atoms with Gasteiger partial charge in [-0.3, -0.25) is 4.90 Å². The SMILES string of the molecule is CC(C)Oc1cc(OCc2ccccc2)cc2[nH]c(C(=O)OCCN3CCNCC3)cc12. The Labute approximate surface area is 188 Å². The third kappa shape index (κ3) is 5.81. The highest BCUT2D eigenvalue weighted by Crippen LogP contribution is 2.33. The van der Waals surface area contributed by atoms with Gasteiger partial charge in [-0.05, 0) is 25.5 Å². The van der Waals surface area contributed by atoms with Crippen molar-refractivity contribution in [3.8, 4) is 11.5 Å². The van der Waals surface area contributed by atoms with E-state index in [4.69, 9.17) is 14.2 Å². The van der Waals surface area contributed by atoms with Crippen molar-refractivity contribution in [2.24, 2.45) is 0 Å². The maximum atomic E-state index is 12.6. The molecule has 0 radical (unpaired) electrons. The molecule has 0 amide bonds. The van der Waals surface area contributed by atoms with E-state index in [1.54, 1.807) is 6.07 Å². The molecule has 0 bridgehead atoms. The van der Waals surface area contributed by atoms with Gasteiger partial charge in [0.1, 0.15) is 30.4 Å². The fourth-order valence-corrected chi connectivity index (χ4v) is 3.74. The highest BCUT2D eigenvalue weighted by Gasteiger charge is 2.17. The third-order valence-corrected chi connectivity index (χ3v) is 5.35. The van der Waals surface area contributed by atoms with Gasteiger partial charge in [0, 0.05) is 50.2 Å². The molecular weight excluding hydrogens is 406 g/mol. The Morgan fingerprint density at radius 1 is 1.09 bits per heavy atom. The minimum atomic E-state index is -0.362. The summed E-state index contributed by atoms with van der Waals surface area (Å²) in [6.07, 6.45) is -0.00749. The topological polar surface area (TPSA) is 75.8 Å². The van der Waals surface area contributed by atoms with Gasteiger partial charge in [-0.25, -0.2) is 4.79 Å². The van der Waals surface area contributed by atoms with E-state index in [-0.39, 0.29) is 12.1 Å². The number of carbonyl (C=O) groups excluding carboxylic acids is 1. The molecule has 7 heteroatoms. The lowest BCUT2D eigenvalue weighted by atomic mass is 10.2. The van der Waals surface area contributed by atoms with Crippen molar-refractivity contribution in [2.45, 2.75) is 26.6 Å². The standard InChI is InChI=1S/C25H31N3O4/c1-18(2)32-24-15-20(31-17-19-6-4-3-5-7-19)14-22-21(24)16-23(27-22)25(29)30-13-12-28-10-8-26-9-11-28/h3-7,14-16,18,26-27H,8-13,17H2,1-2H3. The Hall–Kier alpha value is -3.03. The quantitative estimate of drug-likeness (QED) is 0.498. The van der Waals surface area contributed by atoms with Crippen LogP contribution in [0.4, 0.5) is 0 Å². The molecule has 7 nitrogen and oxygen atoms in total. The van der Waals surface area contributed by atoms with Gasteiger partial charge in [0.25, 0.3) is 0 Å². The minimum Gasteiger partial charge on any atom is -0.490 e. The largest absolute Gasteiger partial charge is 0.490 e. The molecule has 3 aromatic rings. The molecule has 0 atom stereocenters. The predicted molar refractivity (Wildman–Crippen MR) is 124 cm³/mol. The first-order valence-electron chi connectivity index (χ1n) is 11.2. The van der Waals surface area contributed by atoms with Gasteiger partial charge in [-0.2, -0.15) is 0 Å². The van der Waals surface area contributed by atoms with Gasteiger partial charge in [-0.1, -0.05) is 30.3 Å². The van der Waals surface area contributed by atoms with Crippen molar-refractivity contribution < 1.29 is 19.0 Å². The maximum Gasteiger partial charge on any atom is 0.354 e. The molecule has 0 saturated carbocycles. The molecule has 2 heterocycles. The number of rotatable bonds is 9. The Kier molecular flexibility index (Phi) is 7.29. The number of hydrogen-bond donors (Lipinski definition) is 2. The number of nitrogens with one attached hydrogen (secondary N) is 2. The van der Waals surface area contributed by atoms with Crippen LogP contribution in [-0.2, 0) is 11.3 Å². The van der Waals surface area contributed by atoms with Crippen LogP contribution in [0.3, 0.4) is 0 Å². The summed E-state index contributed by atoms with van der Waals surface area (Å²) in [4.78, 5) is 18.1. The molecule has 0 unspecified atom stereocenters. The van der Waals surface area contributed by atoms with Gasteiger partial charge in [0.15, 0.2) is 0 Å². The number of hydrogen-bond acceptors (Lipinski definition) is 6. The molecule has 1 saturated heterocycles. The Balaban J connectivity index is 1.47. The zero-order valence-corrected chi connectivity index (χ0v) is 18.7. The van der Waals surface area contributed by atoms with Crippen molar-refractivity contribution in [3.05, 3.63) is 59.8 Å². The molecule has 1 aliphatic heterocycles. The van der Waals surface area contributed by atoms with Crippen molar-refractivity contribution in [1.29, 1.82) is 0 Å². The van der Waals surface area contributed by atoms with Crippen LogP contribution in [0.2, 0.25) is 0 Å². The molecular formula is C25H31N3O4. The molecule has 4 rings (SSSR count). The Bertz CT molecular complexity index is 1030. The third-order valence-electron chi connectivity index (χ3n) is 5.35. The number of carbonyl (C=O) groups is 1. The summed E-state index contributed by atoms with van der Waals surface area (Å²) in [6.45, 7) is 9.42. The molecule has 170 valence electrons. The normalized spacial score (nSPS) is 14.6. The van der Waals surface area contributed by atoms with Crippen LogP contribution in [0.25, 0.3) is 10.9 Å². The van der Waals surface area contributed by atoms with Gasteiger partial charge in [-0.15, -0.1) is 0 Å². The zero-order chi connectivity index (χ0) is 22.3. The molecule has 32 heavy (non-hydrogen) atoms. The first kappa shape index (κ1) is 22.2. The molecule has 2 aromatic carbocycles. The van der Waals surface area contributed by atoms with Crippen LogP contribution in [0.5, 0.6) is 11.5 Å². The van der Waals surface area contributed by atoms with Gasteiger partial charge in [0.2, 0.25) is 0 Å². The highest BCUT2D eigenvalue weighted by atomic mass is 16.5. The monoisotopic (exact) mass is 437 g/mol. The summed E-state index contributed by atoms with van der Waals surface area (Å²) in [7, 11) is 0. The maximum absolute atomic E-state index is 12.6. The molecule has 1 aromatic heterocycles. The highest BCUT2D eigenvalue weighted by molar-refractivity contribution is 5.97. The molecule has 2 N–H and O–H groups in total. The van der Waals surface area contributed by atoms with Crippen LogP contribution in [0, 0.1) is 0 Å². The fraction of sp³-hybridized carbons (Fsp3) is 0.400. The number of fused-ring (bicyclic) bond motifs is 1. The second-order valence-corrected chi connectivity index (χ2v) is 8.23. The lowest BCUT2D eigenvalue weighted by Crippen LogP contribution is -2.44. The Morgan fingerprint density at radius 3 is 2.62 bits per heavy atom. The van der Waals surface area contributed by atoms with Crippen molar-refractivity contribution in [3.63, 3.8) is 0 Å². The lowest BCUT2D eigenvalue weighted by molar-refractivity contribution is 0.0450. The number of aromatic nitrogens is 1. The first-order valence-corrected chi connectivity index (χ1v) is 11.2. The van der Waals surface area contributed by atoms with Gasteiger partial charge in [0.05, 0.1) is 11.6 Å². The number of esters is 1. The van der Waals surface area contributed by atoms with E-state index in [1.165, 1.54) is 0 Å². The number of benzene rings is 2. The number of ether oxygens (including phenoxy) is 3. The summed E-state index contributed by atoms with van der Waals surface area (Å²) in [6, 6.07) is 15.6. The fourth-order valence-electron chi connectivity index (χ4n) is 3.74. The molecule has 1 aliphatic rings. The van der Waals surface area contributed by atoms with Crippen molar-refractivity contribution >= 4 is 16.9 Å². The summed E-state index contributed by atoms with van der Waals surface area (Å²) in [5.41, 5.74) is 2.27. The molecule has 1 fully saturated rings. The van der Waals surface area contributed by atoms with Gasteiger partial charge < -0.3 is 24.5 Å². The van der Waals surface area contributed by atoms with E-state index in [0.717, 1.165) is 49.2 Å². The average molecular weight is 438 g/mol. The zero-order valence-electron chi connectivity index (χ0n) is 18.7. The van der Waals surface area contributed by atoms with E-state index in [9.17, 15) is 4.79 Å². The van der Waals surface area contributed by atoms with E-state index in [1.807, 2.05) is 56.3 Å². The summed E-state index contributed by atoms with van der Waals surface area (Å²) >= 11 is 0. The molecule has 0 aliphatic carbocycles. The smallest absolute Gasteiger partial charge is 0.354 e. The minimum absolute atomic E-state index is 0.00749. The number of piperazine rings is 1. The second kappa shape index (κ2) is 10.5. The number of nitrogens with zero attached hydrogens (tertiary/aromatic N) is 1. The van der Waals surface area contributed by atoms with Crippen molar-refractivity contribution in [2.75, 3.05) is 39.3 Å². The van der Waals surface area contributed by atoms with Crippen LogP contribution < -0.4 is 14.8 Å². The van der Waals surface area contributed by atoms with E-state index < -0.39 is 0 Å². The Morgan fingerprint density at radius 2 is 1.88 bits per heavy atom. The van der Waals surface area contributed by atoms with E-state index in [0.29, 0.717) is 30.4 Å². The van der Waals surface area contributed by atoms with Crippen LogP contribution in [-0.4, -0.2) is 61.3 Å². The van der Waals surface area contributed by atoms with E-state index in [2.05, 4.69) is 15.2 Å². The summed E-state index contributed by atoms with van der Waals surface area (Å²) in [5, 5.41) is 4.15. The van der Waals surface area contributed by atoms with Gasteiger partial charge >= 0.3 is 5.97 Å². The van der Waals surface area contributed by atoms with Crippen LogP contribution >= 0.6 is 0 Å². The summed E-state index contributed by atoms with van der Waals surface area (Å²) < 4.78 is 17.5. The first-order chi connectivity index (χ1) is 15.6. The number of aromatic amines is 1. The van der Waals surface area contributed by atoms with E-state index >= 15 is 0 Å².